The van der Waals surface area contributed by atoms with Gasteiger partial charge in [-0.15, -0.1) is 11.6 Å². The van der Waals surface area contributed by atoms with Crippen molar-refractivity contribution >= 4 is 28.2 Å². The van der Waals surface area contributed by atoms with Crippen LogP contribution in [0.25, 0.3) is 10.9 Å². The standard InChI is InChI=1S/C17H21ClN2O/c1-2-20(12-14-6-5-9-21-14)17-10-13(11-18)19-16-8-4-3-7-15(16)17/h3-4,7-8,10,14H,2,5-6,9,11-12H2,1H3. The molecule has 1 aromatic carbocycles. The third kappa shape index (κ3) is 3.14. The van der Waals surface area contributed by atoms with Crippen LogP contribution >= 0.6 is 11.6 Å². The molecule has 2 aromatic rings. The van der Waals surface area contributed by atoms with E-state index in [2.05, 4.69) is 41.1 Å². The molecule has 112 valence electrons. The molecule has 0 spiro atoms. The first-order valence-electron chi connectivity index (χ1n) is 7.63. The van der Waals surface area contributed by atoms with Gasteiger partial charge in [-0.2, -0.15) is 0 Å². The average molecular weight is 305 g/mol. The normalized spacial score (nSPS) is 18.3. The molecule has 21 heavy (non-hydrogen) atoms. The number of benzene rings is 1. The molecule has 1 unspecified atom stereocenters. The highest BCUT2D eigenvalue weighted by atomic mass is 35.5. The maximum absolute atomic E-state index is 6.01. The molecular weight excluding hydrogens is 284 g/mol. The number of ether oxygens (including phenoxy) is 1. The van der Waals surface area contributed by atoms with E-state index in [1.165, 1.54) is 17.5 Å². The lowest BCUT2D eigenvalue weighted by atomic mass is 10.1. The molecule has 2 heterocycles. The highest BCUT2D eigenvalue weighted by Crippen LogP contribution is 2.28. The fraction of sp³-hybridized carbons (Fsp3) is 0.471. The first-order valence-corrected chi connectivity index (χ1v) is 8.16. The number of likely N-dealkylation sites (N-methyl/N-ethyl adjacent to an activating group) is 1. The third-order valence-corrected chi connectivity index (χ3v) is 4.33. The molecule has 0 aliphatic carbocycles. The van der Waals surface area contributed by atoms with E-state index in [0.717, 1.165) is 37.3 Å². The van der Waals surface area contributed by atoms with Crippen molar-refractivity contribution in [3.8, 4) is 0 Å². The van der Waals surface area contributed by atoms with Gasteiger partial charge >= 0.3 is 0 Å². The largest absolute Gasteiger partial charge is 0.376 e. The number of nitrogens with zero attached hydrogens (tertiary/aromatic N) is 2. The van der Waals surface area contributed by atoms with Gasteiger partial charge in [-0.05, 0) is 31.9 Å². The number of para-hydroxylation sites is 1. The Bertz CT molecular complexity index is 611. The highest BCUT2D eigenvalue weighted by molar-refractivity contribution is 6.17. The number of hydrogen-bond acceptors (Lipinski definition) is 3. The second kappa shape index (κ2) is 6.63. The van der Waals surface area contributed by atoms with Gasteiger partial charge in [0.05, 0.1) is 23.2 Å². The Labute approximate surface area is 130 Å². The summed E-state index contributed by atoms with van der Waals surface area (Å²) in [5.41, 5.74) is 3.15. The Morgan fingerprint density at radius 2 is 2.24 bits per heavy atom. The Hall–Kier alpha value is -1.32. The van der Waals surface area contributed by atoms with Crippen LogP contribution in [-0.4, -0.2) is 30.8 Å². The molecule has 1 saturated heterocycles. The molecule has 4 heteroatoms. The number of hydrogen-bond donors (Lipinski definition) is 0. The zero-order valence-electron chi connectivity index (χ0n) is 12.4. The summed E-state index contributed by atoms with van der Waals surface area (Å²) in [6, 6.07) is 10.4. The molecule has 3 rings (SSSR count). The van der Waals surface area contributed by atoms with Crippen molar-refractivity contribution in [3.05, 3.63) is 36.0 Å². The van der Waals surface area contributed by atoms with Crippen molar-refractivity contribution in [2.24, 2.45) is 0 Å². The summed E-state index contributed by atoms with van der Waals surface area (Å²) in [6.07, 6.45) is 2.67. The number of rotatable bonds is 5. The zero-order valence-corrected chi connectivity index (χ0v) is 13.1. The Balaban J connectivity index is 1.99. The van der Waals surface area contributed by atoms with Gasteiger partial charge in [0.1, 0.15) is 0 Å². The molecule has 1 fully saturated rings. The minimum atomic E-state index is 0.344. The lowest BCUT2D eigenvalue weighted by Gasteiger charge is -2.27. The maximum atomic E-state index is 6.01. The fourth-order valence-corrected chi connectivity index (χ4v) is 3.11. The van der Waals surface area contributed by atoms with Crippen molar-refractivity contribution in [3.63, 3.8) is 0 Å². The van der Waals surface area contributed by atoms with E-state index in [4.69, 9.17) is 16.3 Å². The molecule has 0 bridgehead atoms. The molecule has 1 aromatic heterocycles. The van der Waals surface area contributed by atoms with Crippen LogP contribution in [0, 0.1) is 0 Å². The van der Waals surface area contributed by atoms with E-state index in [1.807, 2.05) is 6.07 Å². The van der Waals surface area contributed by atoms with Gasteiger partial charge in [0.2, 0.25) is 0 Å². The molecule has 1 aliphatic heterocycles. The number of aromatic nitrogens is 1. The molecule has 1 atom stereocenters. The van der Waals surface area contributed by atoms with Gasteiger partial charge in [0, 0.05) is 30.8 Å². The number of halogens is 1. The van der Waals surface area contributed by atoms with Crippen LogP contribution < -0.4 is 4.90 Å². The quantitative estimate of drug-likeness (QED) is 0.781. The van der Waals surface area contributed by atoms with Gasteiger partial charge in [0.25, 0.3) is 0 Å². The Morgan fingerprint density at radius 1 is 1.38 bits per heavy atom. The second-order valence-corrected chi connectivity index (χ2v) is 5.72. The molecular formula is C17H21ClN2O. The lowest BCUT2D eigenvalue weighted by molar-refractivity contribution is 0.116. The topological polar surface area (TPSA) is 25.4 Å². The van der Waals surface area contributed by atoms with E-state index >= 15 is 0 Å². The minimum Gasteiger partial charge on any atom is -0.376 e. The molecule has 1 aliphatic rings. The van der Waals surface area contributed by atoms with E-state index in [-0.39, 0.29) is 0 Å². The van der Waals surface area contributed by atoms with Gasteiger partial charge in [-0.1, -0.05) is 18.2 Å². The Kier molecular flexibility index (Phi) is 4.61. The van der Waals surface area contributed by atoms with Crippen LogP contribution in [0.2, 0.25) is 0 Å². The van der Waals surface area contributed by atoms with Crippen LogP contribution in [-0.2, 0) is 10.6 Å². The van der Waals surface area contributed by atoms with Gasteiger partial charge in [-0.3, -0.25) is 4.98 Å². The second-order valence-electron chi connectivity index (χ2n) is 5.46. The Morgan fingerprint density at radius 3 is 2.95 bits per heavy atom. The highest BCUT2D eigenvalue weighted by Gasteiger charge is 2.20. The molecule has 0 saturated carbocycles. The SMILES string of the molecule is CCN(CC1CCCO1)c1cc(CCl)nc2ccccc12. The van der Waals surface area contributed by atoms with E-state index in [1.54, 1.807) is 0 Å². The fourth-order valence-electron chi connectivity index (χ4n) is 2.97. The van der Waals surface area contributed by atoms with Crippen molar-refractivity contribution in [1.82, 2.24) is 4.98 Å². The molecule has 3 nitrogen and oxygen atoms in total. The van der Waals surface area contributed by atoms with Crippen molar-refractivity contribution in [2.75, 3.05) is 24.6 Å². The summed E-state index contributed by atoms with van der Waals surface area (Å²) in [4.78, 5) is 7.00. The minimum absolute atomic E-state index is 0.344. The zero-order chi connectivity index (χ0) is 14.7. The third-order valence-electron chi connectivity index (χ3n) is 4.05. The summed E-state index contributed by atoms with van der Waals surface area (Å²) in [5, 5.41) is 1.19. The van der Waals surface area contributed by atoms with Gasteiger partial charge < -0.3 is 9.64 Å². The molecule has 0 amide bonds. The van der Waals surface area contributed by atoms with Crippen LogP contribution in [0.1, 0.15) is 25.5 Å². The van der Waals surface area contributed by atoms with Crippen molar-refractivity contribution in [2.45, 2.75) is 31.7 Å². The van der Waals surface area contributed by atoms with Gasteiger partial charge in [0.15, 0.2) is 0 Å². The summed E-state index contributed by atoms with van der Waals surface area (Å²) in [7, 11) is 0. The van der Waals surface area contributed by atoms with Crippen LogP contribution in [0.15, 0.2) is 30.3 Å². The van der Waals surface area contributed by atoms with Crippen molar-refractivity contribution < 1.29 is 4.74 Å². The van der Waals surface area contributed by atoms with E-state index in [0.29, 0.717) is 12.0 Å². The van der Waals surface area contributed by atoms with E-state index < -0.39 is 0 Å². The summed E-state index contributed by atoms with van der Waals surface area (Å²) >= 11 is 6.01. The van der Waals surface area contributed by atoms with Crippen LogP contribution in [0.3, 0.4) is 0 Å². The maximum Gasteiger partial charge on any atom is 0.0750 e. The first-order chi connectivity index (χ1) is 10.3. The number of anilines is 1. The first kappa shape index (κ1) is 14.6. The number of alkyl halides is 1. The van der Waals surface area contributed by atoms with Gasteiger partial charge in [-0.25, -0.2) is 0 Å². The van der Waals surface area contributed by atoms with Crippen molar-refractivity contribution in [1.29, 1.82) is 0 Å². The average Bonchev–Trinajstić information content (AvgIpc) is 3.04. The summed E-state index contributed by atoms with van der Waals surface area (Å²) in [5.74, 6) is 0.440. The predicted molar refractivity (Wildman–Crippen MR) is 88.2 cm³/mol. The molecule has 0 N–H and O–H groups in total. The number of fused-ring (bicyclic) bond motifs is 1. The monoisotopic (exact) mass is 304 g/mol. The van der Waals surface area contributed by atoms with Crippen LogP contribution in [0.5, 0.6) is 0 Å². The predicted octanol–water partition coefficient (Wildman–Crippen LogP) is 3.98. The number of pyridine rings is 1. The van der Waals surface area contributed by atoms with E-state index in [9.17, 15) is 0 Å². The van der Waals surface area contributed by atoms with Crippen LogP contribution in [0.4, 0.5) is 5.69 Å². The lowest BCUT2D eigenvalue weighted by Crippen LogP contribution is -2.32. The smallest absolute Gasteiger partial charge is 0.0750 e. The molecule has 0 radical (unpaired) electrons. The summed E-state index contributed by atoms with van der Waals surface area (Å²) in [6.45, 7) is 4.97. The summed E-state index contributed by atoms with van der Waals surface area (Å²) < 4.78 is 5.79.